The van der Waals surface area contributed by atoms with E-state index in [1.54, 1.807) is 0 Å². The number of anilines is 1. The van der Waals surface area contributed by atoms with Crippen molar-refractivity contribution in [2.45, 2.75) is 26.9 Å². The Bertz CT molecular complexity index is 607. The molecular weight excluding hydrogens is 383 g/mol. The molecule has 0 amide bonds. The summed E-state index contributed by atoms with van der Waals surface area (Å²) in [5.74, 6) is 1.11. The van der Waals surface area contributed by atoms with Crippen molar-refractivity contribution in [1.82, 2.24) is 15.0 Å². The second kappa shape index (κ2) is 7.39. The Hall–Kier alpha value is -1.64. The molecule has 2 rings (SSSR count). The molecule has 0 aliphatic carbocycles. The van der Waals surface area contributed by atoms with Crippen LogP contribution in [0.1, 0.15) is 20.8 Å². The van der Waals surface area contributed by atoms with Crippen LogP contribution in [0.3, 0.4) is 0 Å². The van der Waals surface area contributed by atoms with Crippen LogP contribution in [0.5, 0.6) is 17.8 Å². The van der Waals surface area contributed by atoms with Gasteiger partial charge < -0.3 is 14.8 Å². The Morgan fingerprint density at radius 3 is 2.62 bits per heavy atom. The minimum absolute atomic E-state index is 0.0209. The molecule has 0 spiro atoms. The molecule has 7 heteroatoms. The highest BCUT2D eigenvalue weighted by Gasteiger charge is 2.10. The number of nitrogens with zero attached hydrogens (tertiary/aromatic N) is 3. The van der Waals surface area contributed by atoms with Gasteiger partial charge in [0.05, 0.1) is 6.10 Å². The lowest BCUT2D eigenvalue weighted by atomic mass is 10.3. The molecule has 1 heterocycles. The van der Waals surface area contributed by atoms with Gasteiger partial charge in [-0.1, -0.05) is 6.07 Å². The number of ether oxygens (including phenoxy) is 2. The van der Waals surface area contributed by atoms with Crippen molar-refractivity contribution in [3.05, 3.63) is 27.8 Å². The molecule has 1 aromatic carbocycles. The molecule has 0 unspecified atom stereocenters. The Balaban J connectivity index is 2.26. The van der Waals surface area contributed by atoms with E-state index in [1.165, 1.54) is 0 Å². The van der Waals surface area contributed by atoms with Gasteiger partial charge in [-0.15, -0.1) is 4.98 Å². The quantitative estimate of drug-likeness (QED) is 0.749. The molecular formula is C14H17IN4O2. The van der Waals surface area contributed by atoms with Crippen LogP contribution in [0, 0.1) is 3.57 Å². The summed E-state index contributed by atoms with van der Waals surface area (Å²) >= 11 is 2.22. The van der Waals surface area contributed by atoms with Crippen molar-refractivity contribution in [2.24, 2.45) is 0 Å². The van der Waals surface area contributed by atoms with Crippen LogP contribution in [0.4, 0.5) is 5.95 Å². The van der Waals surface area contributed by atoms with Gasteiger partial charge >= 0.3 is 12.0 Å². The molecule has 0 saturated heterocycles. The summed E-state index contributed by atoms with van der Waals surface area (Å²) in [5.41, 5.74) is 0. The normalized spacial score (nSPS) is 10.5. The number of rotatable bonds is 6. The molecule has 0 atom stereocenters. The van der Waals surface area contributed by atoms with Crippen LogP contribution in [-0.4, -0.2) is 27.6 Å². The van der Waals surface area contributed by atoms with Crippen molar-refractivity contribution in [3.63, 3.8) is 0 Å². The lowest BCUT2D eigenvalue weighted by molar-refractivity contribution is 0.218. The van der Waals surface area contributed by atoms with Gasteiger partial charge in [0.15, 0.2) is 0 Å². The maximum atomic E-state index is 5.68. The van der Waals surface area contributed by atoms with Crippen LogP contribution >= 0.6 is 22.6 Å². The van der Waals surface area contributed by atoms with Gasteiger partial charge in [-0.2, -0.15) is 9.97 Å². The molecule has 21 heavy (non-hydrogen) atoms. The first-order valence-corrected chi connectivity index (χ1v) is 7.74. The largest absolute Gasteiger partial charge is 0.461 e. The number of halogens is 1. The Morgan fingerprint density at radius 2 is 1.95 bits per heavy atom. The fourth-order valence-corrected chi connectivity index (χ4v) is 2.03. The van der Waals surface area contributed by atoms with Gasteiger partial charge in [-0.25, -0.2) is 0 Å². The van der Waals surface area contributed by atoms with Gasteiger partial charge in [0.25, 0.3) is 0 Å². The van der Waals surface area contributed by atoms with E-state index >= 15 is 0 Å². The smallest absolute Gasteiger partial charge is 0.330 e. The summed E-state index contributed by atoms with van der Waals surface area (Å²) in [7, 11) is 0. The molecule has 1 N–H and O–H groups in total. The minimum Gasteiger partial charge on any atom is -0.461 e. The first-order chi connectivity index (χ1) is 10.1. The average molecular weight is 400 g/mol. The molecule has 0 aliphatic rings. The highest BCUT2D eigenvalue weighted by atomic mass is 127. The second-order valence-corrected chi connectivity index (χ2v) is 5.73. The van der Waals surface area contributed by atoms with Gasteiger partial charge in [-0.3, -0.25) is 0 Å². The van der Waals surface area contributed by atoms with Crippen molar-refractivity contribution < 1.29 is 9.47 Å². The monoisotopic (exact) mass is 400 g/mol. The van der Waals surface area contributed by atoms with Crippen LogP contribution in [0.15, 0.2) is 24.3 Å². The van der Waals surface area contributed by atoms with Crippen LogP contribution < -0.4 is 14.8 Å². The fraction of sp³-hybridized carbons (Fsp3) is 0.357. The molecule has 112 valence electrons. The number of aromatic nitrogens is 3. The zero-order valence-corrected chi connectivity index (χ0v) is 14.3. The predicted octanol–water partition coefficient (Wildman–Crippen LogP) is 3.49. The Morgan fingerprint density at radius 1 is 1.19 bits per heavy atom. The summed E-state index contributed by atoms with van der Waals surface area (Å²) in [6.07, 6.45) is -0.0209. The van der Waals surface area contributed by atoms with Gasteiger partial charge in [0.2, 0.25) is 5.95 Å². The van der Waals surface area contributed by atoms with E-state index in [0.717, 1.165) is 3.57 Å². The van der Waals surface area contributed by atoms with E-state index in [9.17, 15) is 0 Å². The third kappa shape index (κ3) is 5.00. The molecule has 0 radical (unpaired) electrons. The van der Waals surface area contributed by atoms with Gasteiger partial charge in [0.1, 0.15) is 5.75 Å². The first kappa shape index (κ1) is 15.7. The standard InChI is InChI=1S/C14H17IN4O2/c1-4-16-12-17-13(20-9(2)3)19-14(18-12)21-11-7-5-6-10(15)8-11/h5-9H,4H2,1-3H3,(H,16,17,18,19). The van der Waals surface area contributed by atoms with Crippen LogP contribution in [0.2, 0.25) is 0 Å². The van der Waals surface area contributed by atoms with E-state index in [-0.39, 0.29) is 18.1 Å². The van der Waals surface area contributed by atoms with E-state index in [4.69, 9.17) is 9.47 Å². The molecule has 0 bridgehead atoms. The summed E-state index contributed by atoms with van der Waals surface area (Å²) in [4.78, 5) is 12.6. The molecule has 2 aromatic rings. The van der Waals surface area contributed by atoms with Crippen molar-refractivity contribution in [2.75, 3.05) is 11.9 Å². The maximum absolute atomic E-state index is 5.68. The number of nitrogens with one attached hydrogen (secondary N) is 1. The summed E-state index contributed by atoms with van der Waals surface area (Å²) < 4.78 is 12.3. The first-order valence-electron chi connectivity index (χ1n) is 6.67. The van der Waals surface area contributed by atoms with E-state index in [1.807, 2.05) is 45.0 Å². The minimum atomic E-state index is -0.0209. The highest BCUT2D eigenvalue weighted by molar-refractivity contribution is 14.1. The van der Waals surface area contributed by atoms with Gasteiger partial charge in [0, 0.05) is 10.1 Å². The fourth-order valence-electron chi connectivity index (χ4n) is 1.52. The Kier molecular flexibility index (Phi) is 5.54. The average Bonchev–Trinajstić information content (AvgIpc) is 2.37. The SMILES string of the molecule is CCNc1nc(Oc2cccc(I)c2)nc(OC(C)C)n1. The zero-order chi connectivity index (χ0) is 15.2. The Labute approximate surface area is 137 Å². The number of hydrogen-bond acceptors (Lipinski definition) is 6. The van der Waals surface area contributed by atoms with Crippen molar-refractivity contribution in [1.29, 1.82) is 0 Å². The topological polar surface area (TPSA) is 69.2 Å². The lowest BCUT2D eigenvalue weighted by Gasteiger charge is -2.11. The van der Waals surface area contributed by atoms with Crippen molar-refractivity contribution in [3.8, 4) is 17.8 Å². The molecule has 6 nitrogen and oxygen atoms in total. The van der Waals surface area contributed by atoms with Crippen LogP contribution in [0.25, 0.3) is 0 Å². The summed E-state index contributed by atoms with van der Waals surface area (Å²) in [6.45, 7) is 6.49. The number of benzene rings is 1. The third-order valence-corrected chi connectivity index (χ3v) is 2.95. The molecule has 0 saturated carbocycles. The number of hydrogen-bond donors (Lipinski definition) is 1. The lowest BCUT2D eigenvalue weighted by Crippen LogP contribution is -2.12. The highest BCUT2D eigenvalue weighted by Crippen LogP contribution is 2.22. The second-order valence-electron chi connectivity index (χ2n) is 4.48. The van der Waals surface area contributed by atoms with E-state index < -0.39 is 0 Å². The third-order valence-electron chi connectivity index (χ3n) is 2.28. The predicted molar refractivity (Wildman–Crippen MR) is 89.0 cm³/mol. The maximum Gasteiger partial charge on any atom is 0.330 e. The zero-order valence-electron chi connectivity index (χ0n) is 12.1. The molecule has 0 aliphatic heterocycles. The molecule has 0 fully saturated rings. The van der Waals surface area contributed by atoms with E-state index in [2.05, 4.69) is 42.9 Å². The summed E-state index contributed by atoms with van der Waals surface area (Å²) in [5, 5.41) is 3.04. The van der Waals surface area contributed by atoms with E-state index in [0.29, 0.717) is 18.2 Å². The summed E-state index contributed by atoms with van der Waals surface area (Å²) in [6, 6.07) is 8.10. The molecule has 1 aromatic heterocycles. The van der Waals surface area contributed by atoms with Crippen LogP contribution in [-0.2, 0) is 0 Å². The van der Waals surface area contributed by atoms with Gasteiger partial charge in [-0.05, 0) is 61.6 Å². The van der Waals surface area contributed by atoms with Crippen molar-refractivity contribution >= 4 is 28.5 Å².